The molecule has 1 amide bonds. The zero-order valence-electron chi connectivity index (χ0n) is 13.6. The van der Waals surface area contributed by atoms with E-state index in [2.05, 4.69) is 10.3 Å². The second kappa shape index (κ2) is 6.60. The maximum atomic E-state index is 12.5. The van der Waals surface area contributed by atoms with Gasteiger partial charge in [0.25, 0.3) is 0 Å². The lowest BCUT2D eigenvalue weighted by atomic mass is 9.84. The minimum Gasteiger partial charge on any atom is -0.363 e. The van der Waals surface area contributed by atoms with Crippen molar-refractivity contribution in [3.8, 4) is 0 Å². The van der Waals surface area contributed by atoms with Gasteiger partial charge >= 0.3 is 0 Å². The highest BCUT2D eigenvalue weighted by atomic mass is 16.2. The molecule has 0 unspecified atom stereocenters. The summed E-state index contributed by atoms with van der Waals surface area (Å²) in [5.74, 6) is 0.899. The Hall–Kier alpha value is -2.36. The summed E-state index contributed by atoms with van der Waals surface area (Å²) < 4.78 is 0. The molecule has 2 aromatic rings. The van der Waals surface area contributed by atoms with Crippen LogP contribution >= 0.6 is 0 Å². The van der Waals surface area contributed by atoms with Gasteiger partial charge in [-0.2, -0.15) is 0 Å². The molecule has 0 aliphatic rings. The summed E-state index contributed by atoms with van der Waals surface area (Å²) in [6, 6.07) is 13.7. The van der Waals surface area contributed by atoms with Crippen molar-refractivity contribution < 1.29 is 4.79 Å². The number of nitrogens with one attached hydrogen (secondary N) is 1. The molecule has 22 heavy (non-hydrogen) atoms. The average Bonchev–Trinajstić information content (AvgIpc) is 2.53. The van der Waals surface area contributed by atoms with Gasteiger partial charge in [-0.25, -0.2) is 4.98 Å². The fourth-order valence-electron chi connectivity index (χ4n) is 2.20. The molecule has 0 fully saturated rings. The van der Waals surface area contributed by atoms with E-state index >= 15 is 0 Å². The van der Waals surface area contributed by atoms with Crippen LogP contribution in [0.4, 0.5) is 5.82 Å². The van der Waals surface area contributed by atoms with E-state index in [0.29, 0.717) is 6.54 Å². The van der Waals surface area contributed by atoms with Crippen molar-refractivity contribution in [3.05, 3.63) is 59.8 Å². The third-order valence-corrected chi connectivity index (χ3v) is 3.78. The normalized spacial score (nSPS) is 11.1. The molecule has 0 atom stereocenters. The largest absolute Gasteiger partial charge is 0.363 e. The Bertz CT molecular complexity index is 636. The highest BCUT2D eigenvalue weighted by Gasteiger charge is 2.29. The molecule has 1 aromatic carbocycles. The second-order valence-corrected chi connectivity index (χ2v) is 6.09. The topological polar surface area (TPSA) is 45.2 Å². The van der Waals surface area contributed by atoms with Gasteiger partial charge in [-0.1, -0.05) is 30.3 Å². The summed E-state index contributed by atoms with van der Waals surface area (Å²) in [6.45, 7) is 4.38. The summed E-state index contributed by atoms with van der Waals surface area (Å²) in [4.78, 5) is 18.7. The average molecular weight is 297 g/mol. The zero-order chi connectivity index (χ0) is 16.2. The molecule has 2 rings (SSSR count). The van der Waals surface area contributed by atoms with Gasteiger partial charge in [0.15, 0.2) is 0 Å². The Morgan fingerprint density at radius 1 is 1.18 bits per heavy atom. The maximum absolute atomic E-state index is 12.5. The Morgan fingerprint density at radius 2 is 1.86 bits per heavy atom. The van der Waals surface area contributed by atoms with E-state index in [1.807, 2.05) is 75.3 Å². The molecule has 1 aromatic heterocycles. The van der Waals surface area contributed by atoms with Gasteiger partial charge in [0.05, 0.1) is 5.41 Å². The lowest BCUT2D eigenvalue weighted by Gasteiger charge is -2.24. The minimum atomic E-state index is -0.557. The number of carbonyl (C=O) groups is 1. The molecular weight excluding hydrogens is 274 g/mol. The highest BCUT2D eigenvalue weighted by Crippen LogP contribution is 2.23. The number of hydrogen-bond donors (Lipinski definition) is 1. The lowest BCUT2D eigenvalue weighted by Crippen LogP contribution is -2.39. The molecule has 4 nitrogen and oxygen atoms in total. The van der Waals surface area contributed by atoms with Crippen molar-refractivity contribution >= 4 is 11.7 Å². The molecule has 1 heterocycles. The van der Waals surface area contributed by atoms with E-state index < -0.39 is 5.41 Å². The van der Waals surface area contributed by atoms with Crippen LogP contribution in [-0.2, 0) is 16.8 Å². The highest BCUT2D eigenvalue weighted by molar-refractivity contribution is 5.87. The molecule has 0 saturated carbocycles. The van der Waals surface area contributed by atoms with Crippen molar-refractivity contribution in [3.63, 3.8) is 0 Å². The molecular formula is C18H23N3O. The number of aromatic nitrogens is 1. The predicted molar refractivity (Wildman–Crippen MR) is 89.9 cm³/mol. The van der Waals surface area contributed by atoms with Gasteiger partial charge in [0.1, 0.15) is 5.82 Å². The fourth-order valence-corrected chi connectivity index (χ4v) is 2.20. The number of anilines is 1. The third-order valence-electron chi connectivity index (χ3n) is 3.78. The van der Waals surface area contributed by atoms with Crippen molar-refractivity contribution in [1.82, 2.24) is 10.3 Å². The predicted octanol–water partition coefficient (Wildman–Crippen LogP) is 2.74. The Labute approximate surface area is 132 Å². The number of rotatable bonds is 5. The molecule has 0 spiro atoms. The number of hydrogen-bond acceptors (Lipinski definition) is 3. The summed E-state index contributed by atoms with van der Waals surface area (Å²) in [6.07, 6.45) is 1.76. The van der Waals surface area contributed by atoms with Crippen LogP contribution in [0.2, 0.25) is 0 Å². The van der Waals surface area contributed by atoms with Crippen LogP contribution in [0, 0.1) is 0 Å². The molecule has 1 N–H and O–H groups in total. The summed E-state index contributed by atoms with van der Waals surface area (Å²) >= 11 is 0. The zero-order valence-corrected chi connectivity index (χ0v) is 13.6. The number of benzene rings is 1. The molecule has 0 aliphatic carbocycles. The summed E-state index contributed by atoms with van der Waals surface area (Å²) in [5, 5.41) is 3.02. The lowest BCUT2D eigenvalue weighted by molar-refractivity contribution is -0.125. The minimum absolute atomic E-state index is 0.0157. The Balaban J connectivity index is 2.05. The molecule has 116 valence electrons. The molecule has 0 radical (unpaired) electrons. The first-order valence-corrected chi connectivity index (χ1v) is 7.37. The summed E-state index contributed by atoms with van der Waals surface area (Å²) in [5.41, 5.74) is 1.49. The van der Waals surface area contributed by atoms with Gasteiger partial charge in [0.2, 0.25) is 5.91 Å². The van der Waals surface area contributed by atoms with E-state index in [0.717, 1.165) is 16.9 Å². The van der Waals surface area contributed by atoms with Crippen molar-refractivity contribution in [1.29, 1.82) is 0 Å². The van der Waals surface area contributed by atoms with Crippen LogP contribution in [-0.4, -0.2) is 25.0 Å². The smallest absolute Gasteiger partial charge is 0.230 e. The van der Waals surface area contributed by atoms with Gasteiger partial charge in [0, 0.05) is 26.8 Å². The monoisotopic (exact) mass is 297 g/mol. The van der Waals surface area contributed by atoms with E-state index in [-0.39, 0.29) is 5.91 Å². The summed E-state index contributed by atoms with van der Waals surface area (Å²) in [7, 11) is 3.90. The van der Waals surface area contributed by atoms with E-state index in [1.165, 1.54) is 0 Å². The van der Waals surface area contributed by atoms with Crippen molar-refractivity contribution in [2.75, 3.05) is 19.0 Å². The first kappa shape index (κ1) is 16.0. The number of amides is 1. The third kappa shape index (κ3) is 3.64. The van der Waals surface area contributed by atoms with Crippen LogP contribution < -0.4 is 10.2 Å². The number of carbonyl (C=O) groups excluding carboxylic acids is 1. The first-order chi connectivity index (χ1) is 10.4. The van der Waals surface area contributed by atoms with Crippen LogP contribution in [0.3, 0.4) is 0 Å². The quantitative estimate of drug-likeness (QED) is 0.923. The molecule has 4 heteroatoms. The SMILES string of the molecule is CN(C)c1cc(CNC(=O)C(C)(C)c2ccccc2)ccn1. The van der Waals surface area contributed by atoms with E-state index in [9.17, 15) is 4.79 Å². The van der Waals surface area contributed by atoms with Gasteiger partial charge < -0.3 is 10.2 Å². The van der Waals surface area contributed by atoms with Crippen LogP contribution in [0.5, 0.6) is 0 Å². The van der Waals surface area contributed by atoms with Gasteiger partial charge in [-0.15, -0.1) is 0 Å². The number of pyridine rings is 1. The maximum Gasteiger partial charge on any atom is 0.230 e. The van der Waals surface area contributed by atoms with Crippen molar-refractivity contribution in [2.24, 2.45) is 0 Å². The van der Waals surface area contributed by atoms with Crippen LogP contribution in [0.25, 0.3) is 0 Å². The second-order valence-electron chi connectivity index (χ2n) is 6.09. The van der Waals surface area contributed by atoms with Gasteiger partial charge in [-0.05, 0) is 37.1 Å². The molecule has 0 saturated heterocycles. The van der Waals surface area contributed by atoms with E-state index in [1.54, 1.807) is 6.20 Å². The molecule has 0 aliphatic heterocycles. The van der Waals surface area contributed by atoms with Crippen molar-refractivity contribution in [2.45, 2.75) is 25.8 Å². The first-order valence-electron chi connectivity index (χ1n) is 7.37. The Morgan fingerprint density at radius 3 is 2.50 bits per heavy atom. The van der Waals surface area contributed by atoms with Crippen LogP contribution in [0.15, 0.2) is 48.7 Å². The fraction of sp³-hybridized carbons (Fsp3) is 0.333. The standard InChI is InChI=1S/C18H23N3O/c1-18(2,15-8-6-5-7-9-15)17(22)20-13-14-10-11-19-16(12-14)21(3)4/h5-12H,13H2,1-4H3,(H,20,22). The van der Waals surface area contributed by atoms with Gasteiger partial charge in [-0.3, -0.25) is 4.79 Å². The molecule has 0 bridgehead atoms. The Kier molecular flexibility index (Phi) is 4.81. The number of nitrogens with zero attached hydrogens (tertiary/aromatic N) is 2. The van der Waals surface area contributed by atoms with E-state index in [4.69, 9.17) is 0 Å². The van der Waals surface area contributed by atoms with Crippen LogP contribution in [0.1, 0.15) is 25.0 Å².